The Bertz CT molecular complexity index is 667. The molecule has 0 aliphatic carbocycles. The fourth-order valence-electron chi connectivity index (χ4n) is 4.09. The second-order valence-electron chi connectivity index (χ2n) is 8.49. The number of hydrogen-bond acceptors (Lipinski definition) is 2. The number of likely N-dealkylation sites (tertiary alicyclic amines) is 1. The number of anilines is 1. The van der Waals surface area contributed by atoms with Gasteiger partial charge >= 0.3 is 0 Å². The van der Waals surface area contributed by atoms with E-state index in [1.807, 2.05) is 30.6 Å². The zero-order chi connectivity index (χ0) is 18.2. The summed E-state index contributed by atoms with van der Waals surface area (Å²) in [6, 6.07) is 6.32. The van der Waals surface area contributed by atoms with E-state index >= 15 is 0 Å². The first-order chi connectivity index (χ1) is 11.8. The third-order valence-corrected chi connectivity index (χ3v) is 5.46. The SMILES string of the molecule is Cc1cccc2c1N(C(=O)C1CCN(C(=O)C(C)(C)C)CC1)CCC2. The van der Waals surface area contributed by atoms with E-state index in [0.29, 0.717) is 13.1 Å². The van der Waals surface area contributed by atoms with E-state index in [4.69, 9.17) is 0 Å². The molecule has 0 spiro atoms. The zero-order valence-electron chi connectivity index (χ0n) is 16.0. The van der Waals surface area contributed by atoms with Gasteiger partial charge in [0.15, 0.2) is 0 Å². The Balaban J connectivity index is 1.70. The van der Waals surface area contributed by atoms with E-state index < -0.39 is 0 Å². The van der Waals surface area contributed by atoms with Crippen LogP contribution < -0.4 is 4.90 Å². The van der Waals surface area contributed by atoms with E-state index in [1.54, 1.807) is 0 Å². The van der Waals surface area contributed by atoms with E-state index in [0.717, 1.165) is 37.9 Å². The van der Waals surface area contributed by atoms with Crippen molar-refractivity contribution < 1.29 is 9.59 Å². The summed E-state index contributed by atoms with van der Waals surface area (Å²) >= 11 is 0. The Kier molecular flexibility index (Phi) is 4.90. The summed E-state index contributed by atoms with van der Waals surface area (Å²) in [7, 11) is 0. The molecule has 4 nitrogen and oxygen atoms in total. The Morgan fingerprint density at radius 1 is 1.08 bits per heavy atom. The van der Waals surface area contributed by atoms with Crippen molar-refractivity contribution in [2.75, 3.05) is 24.5 Å². The first kappa shape index (κ1) is 18.0. The standard InChI is InChI=1S/C21H30N2O2/c1-15-7-5-8-16-9-6-12-23(18(15)16)19(24)17-10-13-22(14-11-17)20(25)21(2,3)4/h5,7-8,17H,6,9-14H2,1-4H3. The molecule has 2 aliphatic rings. The van der Waals surface area contributed by atoms with E-state index in [9.17, 15) is 9.59 Å². The summed E-state index contributed by atoms with van der Waals surface area (Å²) in [6.45, 7) is 10.2. The maximum atomic E-state index is 13.2. The number of nitrogens with zero attached hydrogens (tertiary/aromatic N) is 2. The number of aryl methyl sites for hydroxylation is 2. The zero-order valence-corrected chi connectivity index (χ0v) is 16.0. The van der Waals surface area contributed by atoms with Gasteiger partial charge in [0.1, 0.15) is 0 Å². The lowest BCUT2D eigenvalue weighted by atomic mass is 9.89. The molecule has 0 radical (unpaired) electrons. The van der Waals surface area contributed by atoms with Crippen LogP contribution in [0.1, 0.15) is 51.2 Å². The van der Waals surface area contributed by atoms with E-state index in [1.165, 1.54) is 11.1 Å². The normalized spacial score (nSPS) is 18.9. The molecule has 0 saturated carbocycles. The quantitative estimate of drug-likeness (QED) is 0.783. The van der Waals surface area contributed by atoms with Crippen molar-refractivity contribution in [2.24, 2.45) is 11.3 Å². The highest BCUT2D eigenvalue weighted by molar-refractivity contribution is 5.97. The number of piperidine rings is 1. The Hall–Kier alpha value is -1.84. The molecular formula is C21H30N2O2. The number of hydrogen-bond donors (Lipinski definition) is 0. The fraction of sp³-hybridized carbons (Fsp3) is 0.619. The largest absolute Gasteiger partial charge is 0.342 e. The molecular weight excluding hydrogens is 312 g/mol. The van der Waals surface area contributed by atoms with Crippen LogP contribution in [0.3, 0.4) is 0 Å². The first-order valence-corrected chi connectivity index (χ1v) is 9.48. The third kappa shape index (κ3) is 3.58. The molecule has 136 valence electrons. The molecule has 3 rings (SSSR count). The molecule has 0 aromatic heterocycles. The molecule has 25 heavy (non-hydrogen) atoms. The van der Waals surface area contributed by atoms with Crippen LogP contribution in [-0.2, 0) is 16.0 Å². The number of rotatable bonds is 1. The van der Waals surface area contributed by atoms with Gasteiger partial charge in [0.2, 0.25) is 11.8 Å². The van der Waals surface area contributed by atoms with Crippen molar-refractivity contribution in [1.82, 2.24) is 4.90 Å². The van der Waals surface area contributed by atoms with Gasteiger partial charge < -0.3 is 9.80 Å². The van der Waals surface area contributed by atoms with Crippen molar-refractivity contribution in [3.8, 4) is 0 Å². The molecule has 0 N–H and O–H groups in total. The minimum atomic E-state index is -0.347. The average molecular weight is 342 g/mol. The number of fused-ring (bicyclic) bond motifs is 1. The van der Waals surface area contributed by atoms with Gasteiger partial charge in [-0.05, 0) is 43.7 Å². The summed E-state index contributed by atoms with van der Waals surface area (Å²) in [5, 5.41) is 0. The summed E-state index contributed by atoms with van der Waals surface area (Å²) in [4.78, 5) is 29.5. The summed E-state index contributed by atoms with van der Waals surface area (Å²) in [5.74, 6) is 0.477. The van der Waals surface area contributed by atoms with Crippen molar-refractivity contribution in [1.29, 1.82) is 0 Å². The average Bonchev–Trinajstić information content (AvgIpc) is 2.59. The minimum absolute atomic E-state index is 0.0366. The number of para-hydroxylation sites is 1. The predicted molar refractivity (Wildman–Crippen MR) is 101 cm³/mol. The van der Waals surface area contributed by atoms with Crippen LogP contribution in [0.4, 0.5) is 5.69 Å². The van der Waals surface area contributed by atoms with E-state index in [-0.39, 0.29) is 23.1 Å². The maximum absolute atomic E-state index is 13.2. The van der Waals surface area contributed by atoms with E-state index in [2.05, 4.69) is 25.1 Å². The molecule has 0 atom stereocenters. The van der Waals surface area contributed by atoms with Gasteiger partial charge in [0.05, 0.1) is 0 Å². The number of amides is 2. The third-order valence-electron chi connectivity index (χ3n) is 5.46. The number of carbonyl (C=O) groups excluding carboxylic acids is 2. The highest BCUT2D eigenvalue weighted by Gasteiger charge is 2.35. The number of benzene rings is 1. The van der Waals surface area contributed by atoms with Gasteiger partial charge in [-0.2, -0.15) is 0 Å². The molecule has 2 heterocycles. The number of carbonyl (C=O) groups is 2. The maximum Gasteiger partial charge on any atom is 0.230 e. The molecule has 1 aromatic rings. The van der Waals surface area contributed by atoms with Crippen LogP contribution >= 0.6 is 0 Å². The Morgan fingerprint density at radius 2 is 1.76 bits per heavy atom. The predicted octanol–water partition coefficient (Wildman–Crippen LogP) is 3.56. The smallest absolute Gasteiger partial charge is 0.230 e. The minimum Gasteiger partial charge on any atom is -0.342 e. The summed E-state index contributed by atoms with van der Waals surface area (Å²) in [5.41, 5.74) is 3.26. The monoisotopic (exact) mass is 342 g/mol. The molecule has 0 bridgehead atoms. The van der Waals surface area contributed by atoms with Crippen LogP contribution in [0.2, 0.25) is 0 Å². The topological polar surface area (TPSA) is 40.6 Å². The molecule has 1 saturated heterocycles. The van der Waals surface area contributed by atoms with Crippen LogP contribution in [0.25, 0.3) is 0 Å². The van der Waals surface area contributed by atoms with Crippen molar-refractivity contribution in [3.63, 3.8) is 0 Å². The summed E-state index contributed by atoms with van der Waals surface area (Å²) < 4.78 is 0. The Labute approximate surface area is 151 Å². The molecule has 0 unspecified atom stereocenters. The van der Waals surface area contributed by atoms with Crippen LogP contribution in [0.5, 0.6) is 0 Å². The fourth-order valence-corrected chi connectivity index (χ4v) is 4.09. The molecule has 1 aromatic carbocycles. The lowest BCUT2D eigenvalue weighted by molar-refractivity contribution is -0.142. The Morgan fingerprint density at radius 3 is 2.40 bits per heavy atom. The van der Waals surface area contributed by atoms with Crippen molar-refractivity contribution >= 4 is 17.5 Å². The molecule has 4 heteroatoms. The van der Waals surface area contributed by atoms with Gasteiger partial charge in [-0.25, -0.2) is 0 Å². The lowest BCUT2D eigenvalue weighted by Crippen LogP contribution is -2.48. The molecule has 2 aliphatic heterocycles. The van der Waals surface area contributed by atoms with Crippen LogP contribution in [0, 0.1) is 18.3 Å². The van der Waals surface area contributed by atoms with Crippen molar-refractivity contribution in [3.05, 3.63) is 29.3 Å². The van der Waals surface area contributed by atoms with Crippen LogP contribution in [-0.4, -0.2) is 36.3 Å². The van der Waals surface area contributed by atoms with Gasteiger partial charge in [-0.3, -0.25) is 9.59 Å². The molecule has 1 fully saturated rings. The summed E-state index contributed by atoms with van der Waals surface area (Å²) in [6.07, 6.45) is 3.64. The second-order valence-corrected chi connectivity index (χ2v) is 8.49. The highest BCUT2D eigenvalue weighted by atomic mass is 16.2. The van der Waals surface area contributed by atoms with Crippen molar-refractivity contribution in [2.45, 2.75) is 53.4 Å². The molecule has 2 amide bonds. The second kappa shape index (κ2) is 6.81. The highest BCUT2D eigenvalue weighted by Crippen LogP contribution is 2.33. The van der Waals surface area contributed by atoms with Gasteiger partial charge in [-0.15, -0.1) is 0 Å². The lowest BCUT2D eigenvalue weighted by Gasteiger charge is -2.38. The first-order valence-electron chi connectivity index (χ1n) is 9.48. The van der Waals surface area contributed by atoms with Crippen LogP contribution in [0.15, 0.2) is 18.2 Å². The van der Waals surface area contributed by atoms with Gasteiger partial charge in [0, 0.05) is 36.7 Å². The van der Waals surface area contributed by atoms with Gasteiger partial charge in [-0.1, -0.05) is 39.0 Å². The van der Waals surface area contributed by atoms with Gasteiger partial charge in [0.25, 0.3) is 0 Å².